The van der Waals surface area contributed by atoms with Gasteiger partial charge in [-0.25, -0.2) is 9.29 Å². The first-order chi connectivity index (χ1) is 16.0. The maximum atomic E-state index is 13.6. The molecule has 3 aromatic rings. The lowest BCUT2D eigenvalue weighted by molar-refractivity contribution is -0.120. The van der Waals surface area contributed by atoms with Gasteiger partial charge >= 0.3 is 0 Å². The number of carbonyl (C=O) groups excluding carboxylic acids is 2. The Morgan fingerprint density at radius 2 is 1.42 bits per heavy atom. The van der Waals surface area contributed by atoms with Crippen LogP contribution < -0.4 is 24.4 Å². The molecule has 168 valence electrons. The van der Waals surface area contributed by atoms with Gasteiger partial charge in [-0.05, 0) is 42.0 Å². The summed E-state index contributed by atoms with van der Waals surface area (Å²) in [6.07, 6.45) is 0. The van der Waals surface area contributed by atoms with Gasteiger partial charge in [0.05, 0.1) is 38.3 Å². The topological polar surface area (TPSA) is 77.1 Å². The Labute approximate surface area is 190 Å². The average Bonchev–Trinajstić information content (AvgIpc) is 3.08. The van der Waals surface area contributed by atoms with Crippen LogP contribution in [0, 0.1) is 5.82 Å². The summed E-state index contributed by atoms with van der Waals surface area (Å²) in [6.45, 7) is 0. The van der Waals surface area contributed by atoms with Crippen molar-refractivity contribution < 1.29 is 28.2 Å². The number of benzene rings is 3. The Balaban J connectivity index is 1.83. The minimum absolute atomic E-state index is 0.0471. The molecule has 0 spiro atoms. The Kier molecular flexibility index (Phi) is 5.99. The van der Waals surface area contributed by atoms with E-state index in [2.05, 4.69) is 5.32 Å². The van der Waals surface area contributed by atoms with Crippen LogP contribution in [0.1, 0.15) is 5.56 Å². The zero-order valence-corrected chi connectivity index (χ0v) is 18.2. The summed E-state index contributed by atoms with van der Waals surface area (Å²) >= 11 is 0. The van der Waals surface area contributed by atoms with E-state index in [-0.39, 0.29) is 11.3 Å². The molecule has 0 aliphatic carbocycles. The highest BCUT2D eigenvalue weighted by molar-refractivity contribution is 6.46. The van der Waals surface area contributed by atoms with Crippen molar-refractivity contribution in [2.75, 3.05) is 31.5 Å². The molecule has 0 bridgehead atoms. The van der Waals surface area contributed by atoms with E-state index >= 15 is 0 Å². The normalized spacial score (nSPS) is 13.4. The monoisotopic (exact) mass is 448 g/mol. The predicted molar refractivity (Wildman–Crippen MR) is 122 cm³/mol. The van der Waals surface area contributed by atoms with Gasteiger partial charge in [-0.3, -0.25) is 9.59 Å². The molecule has 1 aliphatic heterocycles. The van der Waals surface area contributed by atoms with Gasteiger partial charge in [0.1, 0.15) is 17.3 Å². The molecule has 0 atom stereocenters. The summed E-state index contributed by atoms with van der Waals surface area (Å²) in [6, 6.07) is 17.1. The van der Waals surface area contributed by atoms with Crippen LogP contribution in [0.25, 0.3) is 5.57 Å². The molecule has 1 N–H and O–H groups in total. The molecule has 0 radical (unpaired) electrons. The second-order valence-electron chi connectivity index (χ2n) is 7.07. The van der Waals surface area contributed by atoms with Gasteiger partial charge in [0, 0.05) is 6.07 Å². The maximum Gasteiger partial charge on any atom is 0.282 e. The van der Waals surface area contributed by atoms with Crippen molar-refractivity contribution in [3.8, 4) is 17.2 Å². The number of amides is 2. The van der Waals surface area contributed by atoms with Gasteiger partial charge in [-0.1, -0.05) is 24.3 Å². The van der Waals surface area contributed by atoms with E-state index in [0.29, 0.717) is 34.2 Å². The van der Waals surface area contributed by atoms with Crippen molar-refractivity contribution in [3.63, 3.8) is 0 Å². The first kappa shape index (κ1) is 21.9. The van der Waals surface area contributed by atoms with Crippen molar-refractivity contribution in [3.05, 3.63) is 83.8 Å². The average molecular weight is 448 g/mol. The Hall–Kier alpha value is -4.33. The van der Waals surface area contributed by atoms with Gasteiger partial charge in [0.25, 0.3) is 11.8 Å². The van der Waals surface area contributed by atoms with Gasteiger partial charge in [0.15, 0.2) is 11.5 Å². The fourth-order valence-corrected chi connectivity index (χ4v) is 3.61. The van der Waals surface area contributed by atoms with Crippen LogP contribution in [0.4, 0.5) is 15.8 Å². The predicted octanol–water partition coefficient (Wildman–Crippen LogP) is 4.25. The zero-order chi connectivity index (χ0) is 23.5. The quantitative estimate of drug-likeness (QED) is 0.545. The Morgan fingerprint density at radius 1 is 0.758 bits per heavy atom. The van der Waals surface area contributed by atoms with Crippen molar-refractivity contribution in [2.24, 2.45) is 0 Å². The van der Waals surface area contributed by atoms with Gasteiger partial charge < -0.3 is 19.5 Å². The molecule has 8 heteroatoms. The molecule has 1 aliphatic rings. The molecule has 0 aromatic heterocycles. The Morgan fingerprint density at radius 3 is 2.09 bits per heavy atom. The zero-order valence-electron chi connectivity index (χ0n) is 18.2. The van der Waals surface area contributed by atoms with Crippen molar-refractivity contribution in [2.45, 2.75) is 0 Å². The van der Waals surface area contributed by atoms with E-state index in [1.807, 2.05) is 0 Å². The molecule has 33 heavy (non-hydrogen) atoms. The first-order valence-corrected chi connectivity index (χ1v) is 9.99. The lowest BCUT2D eigenvalue weighted by Crippen LogP contribution is -2.32. The molecular weight excluding hydrogens is 427 g/mol. The lowest BCUT2D eigenvalue weighted by Gasteiger charge is -2.17. The number of hydrogen-bond acceptors (Lipinski definition) is 6. The summed E-state index contributed by atoms with van der Waals surface area (Å²) in [7, 11) is 4.46. The highest BCUT2D eigenvalue weighted by Crippen LogP contribution is 2.38. The summed E-state index contributed by atoms with van der Waals surface area (Å²) in [4.78, 5) is 28.1. The number of methoxy groups -OCH3 is 3. The van der Waals surface area contributed by atoms with E-state index in [1.54, 1.807) is 42.5 Å². The molecule has 2 amide bonds. The molecule has 1 heterocycles. The number of hydrogen-bond donors (Lipinski definition) is 1. The molecule has 0 unspecified atom stereocenters. The summed E-state index contributed by atoms with van der Waals surface area (Å²) in [5.74, 6) is -0.265. The third-order valence-corrected chi connectivity index (χ3v) is 5.21. The fraction of sp³-hybridized carbons (Fsp3) is 0.120. The van der Waals surface area contributed by atoms with Crippen LogP contribution in [0.3, 0.4) is 0 Å². The second-order valence-corrected chi connectivity index (χ2v) is 7.07. The highest BCUT2D eigenvalue weighted by Gasteiger charge is 2.40. The standard InChI is InChI=1S/C25H21FN2O5/c1-31-19-7-5-4-6-18(19)27-23-22(15-8-10-16(26)11-9-15)24(29)28(25(23)30)17-12-13-20(32-2)21(14-17)33-3/h4-14,27H,1-3H3. The number of anilines is 2. The van der Waals surface area contributed by atoms with Crippen molar-refractivity contribution in [1.29, 1.82) is 0 Å². The molecule has 3 aromatic carbocycles. The van der Waals surface area contributed by atoms with Crippen molar-refractivity contribution in [1.82, 2.24) is 0 Å². The molecule has 0 fully saturated rings. The fourth-order valence-electron chi connectivity index (χ4n) is 3.61. The third kappa shape index (κ3) is 3.98. The van der Waals surface area contributed by atoms with Crippen LogP contribution in [-0.4, -0.2) is 33.1 Å². The van der Waals surface area contributed by atoms with Crippen LogP contribution in [0.2, 0.25) is 0 Å². The van der Waals surface area contributed by atoms with E-state index in [1.165, 1.54) is 45.6 Å². The maximum absolute atomic E-state index is 13.6. The van der Waals surface area contributed by atoms with Gasteiger partial charge in [-0.15, -0.1) is 0 Å². The van der Waals surface area contributed by atoms with E-state index in [4.69, 9.17) is 14.2 Å². The number of nitrogens with one attached hydrogen (secondary N) is 1. The number of para-hydroxylation sites is 2. The number of ether oxygens (including phenoxy) is 3. The molecule has 7 nitrogen and oxygen atoms in total. The first-order valence-electron chi connectivity index (χ1n) is 9.99. The van der Waals surface area contributed by atoms with Crippen LogP contribution in [-0.2, 0) is 9.59 Å². The largest absolute Gasteiger partial charge is 0.495 e. The van der Waals surface area contributed by atoms with Crippen LogP contribution >= 0.6 is 0 Å². The minimum atomic E-state index is -0.572. The number of nitrogens with zero attached hydrogens (tertiary/aromatic N) is 1. The SMILES string of the molecule is COc1ccccc1NC1=C(c2ccc(F)cc2)C(=O)N(c2ccc(OC)c(OC)c2)C1=O. The summed E-state index contributed by atoms with van der Waals surface area (Å²) in [5, 5.41) is 3.05. The summed E-state index contributed by atoms with van der Waals surface area (Å²) < 4.78 is 29.5. The highest BCUT2D eigenvalue weighted by atomic mass is 19.1. The number of imide groups is 1. The Bertz CT molecular complexity index is 1250. The molecule has 0 saturated heterocycles. The van der Waals surface area contributed by atoms with Crippen molar-refractivity contribution >= 4 is 28.8 Å². The second kappa shape index (κ2) is 9.04. The van der Waals surface area contributed by atoms with Crippen LogP contribution in [0.5, 0.6) is 17.2 Å². The number of carbonyl (C=O) groups is 2. The van der Waals surface area contributed by atoms with Gasteiger partial charge in [0.2, 0.25) is 0 Å². The van der Waals surface area contributed by atoms with E-state index in [9.17, 15) is 14.0 Å². The lowest BCUT2D eigenvalue weighted by atomic mass is 10.0. The number of rotatable bonds is 7. The molecule has 0 saturated carbocycles. The minimum Gasteiger partial charge on any atom is -0.495 e. The smallest absolute Gasteiger partial charge is 0.282 e. The molecule has 4 rings (SSSR count). The molecular formula is C25H21FN2O5. The van der Waals surface area contributed by atoms with Crippen LogP contribution in [0.15, 0.2) is 72.4 Å². The summed E-state index contributed by atoms with van der Waals surface area (Å²) in [5.41, 5.74) is 1.37. The van der Waals surface area contributed by atoms with Gasteiger partial charge in [-0.2, -0.15) is 0 Å². The van der Waals surface area contributed by atoms with E-state index < -0.39 is 17.6 Å². The number of halogens is 1. The van der Waals surface area contributed by atoms with E-state index in [0.717, 1.165) is 4.90 Å². The third-order valence-electron chi connectivity index (χ3n) is 5.21.